The summed E-state index contributed by atoms with van der Waals surface area (Å²) in [5.41, 5.74) is 0. The topological polar surface area (TPSA) is 169 Å². The smallest absolute Gasteiger partial charge is 0.249 e. The lowest BCUT2D eigenvalue weighted by Gasteiger charge is -2.40. The summed E-state index contributed by atoms with van der Waals surface area (Å²) in [5.74, 6) is -0.634. The number of carbonyl (C=O) groups excluding carboxylic acids is 1. The van der Waals surface area contributed by atoms with Gasteiger partial charge in [-0.15, -0.1) is 0 Å². The van der Waals surface area contributed by atoms with Gasteiger partial charge in [0.2, 0.25) is 5.91 Å². The zero-order chi connectivity index (χ0) is 44.6. The molecule has 8 atom stereocenters. The minimum Gasteiger partial charge on any atom is -0.394 e. The molecule has 1 aliphatic heterocycles. The van der Waals surface area contributed by atoms with Gasteiger partial charge in [0.25, 0.3) is 0 Å². The monoisotopic (exact) mass is 864 g/mol. The van der Waals surface area contributed by atoms with E-state index in [0.29, 0.717) is 19.3 Å². The van der Waals surface area contributed by atoms with Crippen molar-refractivity contribution < 1.29 is 44.9 Å². The van der Waals surface area contributed by atoms with Gasteiger partial charge in [0.15, 0.2) is 6.29 Å². The van der Waals surface area contributed by atoms with E-state index in [2.05, 4.69) is 55.6 Å². The van der Waals surface area contributed by atoms with E-state index in [1.807, 2.05) is 6.08 Å². The van der Waals surface area contributed by atoms with Gasteiger partial charge in [-0.2, -0.15) is 0 Å². The molecule has 0 aromatic carbocycles. The molecule has 0 aromatic heterocycles. The highest BCUT2D eigenvalue weighted by Gasteiger charge is 2.44. The Hall–Kier alpha value is -1.89. The van der Waals surface area contributed by atoms with Crippen LogP contribution in [0.5, 0.6) is 0 Å². The number of allylic oxidation sites excluding steroid dienone is 7. The molecule has 0 aliphatic carbocycles. The van der Waals surface area contributed by atoms with Crippen molar-refractivity contribution in [2.24, 2.45) is 0 Å². The summed E-state index contributed by atoms with van der Waals surface area (Å²) >= 11 is 0. The first kappa shape index (κ1) is 57.1. The van der Waals surface area contributed by atoms with Crippen molar-refractivity contribution in [3.63, 3.8) is 0 Å². The zero-order valence-corrected chi connectivity index (χ0v) is 38.8. The van der Waals surface area contributed by atoms with Crippen LogP contribution in [0.25, 0.3) is 0 Å². The van der Waals surface area contributed by atoms with E-state index < -0.39 is 61.5 Å². The van der Waals surface area contributed by atoms with Crippen LogP contribution in [-0.2, 0) is 14.3 Å². The summed E-state index contributed by atoms with van der Waals surface area (Å²) in [6.45, 7) is 3.51. The molecule has 1 fully saturated rings. The Balaban J connectivity index is 2.28. The Morgan fingerprint density at radius 2 is 1.00 bits per heavy atom. The van der Waals surface area contributed by atoms with Crippen LogP contribution in [-0.4, -0.2) is 98.7 Å². The van der Waals surface area contributed by atoms with Crippen molar-refractivity contribution in [1.29, 1.82) is 0 Å². The quantitative estimate of drug-likeness (QED) is 0.0234. The number of amides is 1. The van der Waals surface area contributed by atoms with Gasteiger partial charge in [0.05, 0.1) is 25.4 Å². The van der Waals surface area contributed by atoms with Crippen LogP contribution in [0.15, 0.2) is 48.6 Å². The van der Waals surface area contributed by atoms with E-state index in [4.69, 9.17) is 9.47 Å². The number of nitrogens with one attached hydrogen (secondary N) is 1. The van der Waals surface area contributed by atoms with E-state index in [1.54, 1.807) is 6.08 Å². The lowest BCUT2D eigenvalue weighted by atomic mass is 9.99. The molecular weight excluding hydrogens is 771 g/mol. The molecule has 1 amide bonds. The van der Waals surface area contributed by atoms with E-state index >= 15 is 0 Å². The first-order valence-corrected chi connectivity index (χ1v) is 25.0. The molecule has 0 aromatic rings. The average molecular weight is 864 g/mol. The van der Waals surface area contributed by atoms with Crippen LogP contribution in [0.1, 0.15) is 206 Å². The largest absolute Gasteiger partial charge is 0.394 e. The second-order valence-electron chi connectivity index (χ2n) is 17.4. The molecule has 356 valence electrons. The Morgan fingerprint density at radius 3 is 1.49 bits per heavy atom. The summed E-state index contributed by atoms with van der Waals surface area (Å²) in [4.78, 5) is 13.0. The normalized spacial score (nSPS) is 21.3. The number of carbonyl (C=O) groups is 1. The van der Waals surface area contributed by atoms with E-state index in [9.17, 15) is 35.4 Å². The predicted octanol–water partition coefficient (Wildman–Crippen LogP) is 9.98. The first-order valence-electron chi connectivity index (χ1n) is 25.0. The Labute approximate surface area is 372 Å². The maximum atomic E-state index is 13.0. The van der Waals surface area contributed by atoms with Crippen LogP contribution >= 0.6 is 0 Å². The predicted molar refractivity (Wildman–Crippen MR) is 250 cm³/mol. The fraction of sp³-hybridized carbons (Fsp3) is 0.824. The van der Waals surface area contributed by atoms with Crippen molar-refractivity contribution in [1.82, 2.24) is 5.32 Å². The molecule has 0 spiro atoms. The molecule has 1 rings (SSSR count). The molecule has 0 saturated carbocycles. The molecule has 10 nitrogen and oxygen atoms in total. The summed E-state index contributed by atoms with van der Waals surface area (Å²) < 4.78 is 11.1. The van der Waals surface area contributed by atoms with Crippen LogP contribution in [0, 0.1) is 0 Å². The number of aliphatic hydroxyl groups is 6. The van der Waals surface area contributed by atoms with Crippen molar-refractivity contribution in [2.45, 2.75) is 255 Å². The maximum absolute atomic E-state index is 13.0. The lowest BCUT2D eigenvalue weighted by Crippen LogP contribution is -2.60. The van der Waals surface area contributed by atoms with Crippen molar-refractivity contribution in [3.8, 4) is 0 Å². The molecule has 7 N–H and O–H groups in total. The molecule has 8 unspecified atom stereocenters. The zero-order valence-electron chi connectivity index (χ0n) is 38.8. The van der Waals surface area contributed by atoms with Crippen LogP contribution < -0.4 is 5.32 Å². The molecule has 0 radical (unpaired) electrons. The van der Waals surface area contributed by atoms with Gasteiger partial charge in [-0.25, -0.2) is 0 Å². The van der Waals surface area contributed by atoms with Gasteiger partial charge < -0.3 is 45.4 Å². The summed E-state index contributed by atoms with van der Waals surface area (Å²) in [7, 11) is 0. The number of ether oxygens (including phenoxy) is 2. The maximum Gasteiger partial charge on any atom is 0.249 e. The van der Waals surface area contributed by atoms with E-state index in [0.717, 1.165) is 51.4 Å². The fourth-order valence-electron chi connectivity index (χ4n) is 7.61. The second-order valence-corrected chi connectivity index (χ2v) is 17.4. The van der Waals surface area contributed by atoms with Gasteiger partial charge in [0.1, 0.15) is 30.5 Å². The second kappa shape index (κ2) is 40.9. The highest BCUT2D eigenvalue weighted by atomic mass is 16.7. The molecule has 61 heavy (non-hydrogen) atoms. The molecule has 10 heteroatoms. The van der Waals surface area contributed by atoms with E-state index in [1.165, 1.54) is 122 Å². The van der Waals surface area contributed by atoms with Crippen LogP contribution in [0.3, 0.4) is 0 Å². The summed E-state index contributed by atoms with van der Waals surface area (Å²) in [6.07, 6.45) is 42.2. The van der Waals surface area contributed by atoms with Gasteiger partial charge >= 0.3 is 0 Å². The Kier molecular flexibility index (Phi) is 38.3. The highest BCUT2D eigenvalue weighted by Crippen LogP contribution is 2.23. The van der Waals surface area contributed by atoms with Gasteiger partial charge in [-0.05, 0) is 64.2 Å². The summed E-state index contributed by atoms with van der Waals surface area (Å²) in [5, 5.41) is 64.6. The third kappa shape index (κ3) is 30.8. The average Bonchev–Trinajstić information content (AvgIpc) is 3.26. The van der Waals surface area contributed by atoms with E-state index in [-0.39, 0.29) is 6.61 Å². The Morgan fingerprint density at radius 1 is 0.557 bits per heavy atom. The minimum atomic E-state index is -1.62. The Bertz CT molecular complexity index is 1110. The minimum absolute atomic E-state index is 0.297. The third-order valence-corrected chi connectivity index (χ3v) is 11.7. The van der Waals surface area contributed by atoms with Crippen molar-refractivity contribution >= 4 is 5.91 Å². The first-order chi connectivity index (χ1) is 29.8. The van der Waals surface area contributed by atoms with Gasteiger partial charge in [-0.1, -0.05) is 191 Å². The summed E-state index contributed by atoms with van der Waals surface area (Å²) in [6, 6.07) is -1.00. The van der Waals surface area contributed by atoms with Crippen LogP contribution in [0.4, 0.5) is 0 Å². The molecule has 1 heterocycles. The number of rotatable bonds is 41. The van der Waals surface area contributed by atoms with Gasteiger partial charge in [0, 0.05) is 0 Å². The molecule has 1 aliphatic rings. The third-order valence-electron chi connectivity index (χ3n) is 11.7. The van der Waals surface area contributed by atoms with Crippen molar-refractivity contribution in [3.05, 3.63) is 48.6 Å². The molecular formula is C51H93NO9. The SMILES string of the molecule is CCC/C=C/CC/C=C/CC/C=C/C(O)C(COC1OC(CO)C(O)C(O)C1O)NC(=O)C(O)CCCCCCCCCCC/C=C\CCCCCCCCCCCCCC. The lowest BCUT2D eigenvalue weighted by molar-refractivity contribution is -0.302. The number of unbranched alkanes of at least 4 members (excludes halogenated alkanes) is 24. The van der Waals surface area contributed by atoms with Crippen LogP contribution in [0.2, 0.25) is 0 Å². The van der Waals surface area contributed by atoms with Crippen molar-refractivity contribution in [2.75, 3.05) is 13.2 Å². The molecule has 1 saturated heterocycles. The number of hydrogen-bond donors (Lipinski definition) is 7. The standard InChI is InChI=1S/C51H93NO9/c1-3-5-7-9-11-13-15-16-17-18-19-20-21-22-23-24-25-26-27-28-30-32-34-36-38-40-45(55)50(59)52-43(42-60-51-49(58)48(57)47(56)46(41-53)61-51)44(54)39-37-35-33-31-29-14-12-10-8-6-4-2/h8,10,22-23,29,31,37,39,43-49,51,53-58H,3-7,9,11-21,24-28,30,32-36,38,40-42H2,1-2H3,(H,52,59)/b10-8+,23-22-,31-29+,39-37+. The highest BCUT2D eigenvalue weighted by molar-refractivity contribution is 5.80. The van der Waals surface area contributed by atoms with Gasteiger partial charge in [-0.3, -0.25) is 4.79 Å². The number of aliphatic hydroxyl groups excluding tert-OH is 6. The molecule has 0 bridgehead atoms. The fourth-order valence-corrected chi connectivity index (χ4v) is 7.61. The number of hydrogen-bond acceptors (Lipinski definition) is 9.